The van der Waals surface area contributed by atoms with E-state index in [1.54, 1.807) is 33.3 Å². The van der Waals surface area contributed by atoms with E-state index in [1.165, 1.54) is 17.0 Å². The van der Waals surface area contributed by atoms with Crippen molar-refractivity contribution < 1.29 is 23.5 Å². The van der Waals surface area contributed by atoms with Gasteiger partial charge in [0.25, 0.3) is 0 Å². The fraction of sp³-hybridized carbons (Fsp3) is 0.500. The fourth-order valence-electron chi connectivity index (χ4n) is 4.37. The van der Waals surface area contributed by atoms with Crippen LogP contribution in [-0.2, 0) is 20.7 Å². The van der Waals surface area contributed by atoms with Crippen LogP contribution in [0.25, 0.3) is 0 Å². The molecule has 1 aromatic heterocycles. The average molecular weight is 461 g/mol. The van der Waals surface area contributed by atoms with Crippen LogP contribution in [0.15, 0.2) is 35.7 Å². The lowest BCUT2D eigenvalue weighted by molar-refractivity contribution is -0.143. The third-order valence-corrected chi connectivity index (χ3v) is 7.04. The van der Waals surface area contributed by atoms with Crippen molar-refractivity contribution in [1.82, 2.24) is 9.80 Å². The standard InChI is InChI=1S/C24H29FN2O4S/c1-2-23(28)26(14-19-7-4-11-30-19)15-24(29)27-10-8-22-20(9-12-32-22)21(27)16-31-18-6-3-5-17(25)13-18/h3,5-6,9,12-13,19,21H,2,4,7-8,10-11,14-16H2,1H3/t19-,21+/m1/s1. The third kappa shape index (κ3) is 5.30. The van der Waals surface area contributed by atoms with Crippen molar-refractivity contribution in [3.8, 4) is 5.75 Å². The zero-order chi connectivity index (χ0) is 22.5. The smallest absolute Gasteiger partial charge is 0.242 e. The molecule has 2 amide bonds. The molecule has 8 heteroatoms. The highest BCUT2D eigenvalue weighted by molar-refractivity contribution is 7.10. The Morgan fingerprint density at radius 3 is 2.97 bits per heavy atom. The zero-order valence-corrected chi connectivity index (χ0v) is 19.1. The molecule has 0 saturated carbocycles. The predicted molar refractivity (Wildman–Crippen MR) is 120 cm³/mol. The first kappa shape index (κ1) is 22.7. The number of nitrogens with zero attached hydrogens (tertiary/aromatic N) is 2. The van der Waals surface area contributed by atoms with E-state index in [4.69, 9.17) is 9.47 Å². The molecular formula is C24H29FN2O4S. The minimum Gasteiger partial charge on any atom is -0.491 e. The molecule has 6 nitrogen and oxygen atoms in total. The highest BCUT2D eigenvalue weighted by Crippen LogP contribution is 2.34. The van der Waals surface area contributed by atoms with E-state index in [1.807, 2.05) is 18.4 Å². The molecule has 0 N–H and O–H groups in total. The molecule has 4 rings (SSSR count). The molecular weight excluding hydrogens is 431 g/mol. The molecule has 1 aromatic carbocycles. The van der Waals surface area contributed by atoms with Gasteiger partial charge in [0.2, 0.25) is 11.8 Å². The summed E-state index contributed by atoms with van der Waals surface area (Å²) in [7, 11) is 0. The summed E-state index contributed by atoms with van der Waals surface area (Å²) in [5.41, 5.74) is 1.07. The van der Waals surface area contributed by atoms with E-state index in [0.29, 0.717) is 31.9 Å². The number of hydrogen-bond donors (Lipinski definition) is 0. The summed E-state index contributed by atoms with van der Waals surface area (Å²) in [6.07, 6.45) is 3.02. The number of carbonyl (C=O) groups is 2. The number of hydrogen-bond acceptors (Lipinski definition) is 5. The van der Waals surface area contributed by atoms with Crippen molar-refractivity contribution in [1.29, 1.82) is 0 Å². The van der Waals surface area contributed by atoms with Crippen LogP contribution in [0.2, 0.25) is 0 Å². The number of rotatable bonds is 8. The second kappa shape index (κ2) is 10.4. The van der Waals surface area contributed by atoms with Gasteiger partial charge in [-0.15, -0.1) is 11.3 Å². The molecule has 2 aliphatic heterocycles. The van der Waals surface area contributed by atoms with Gasteiger partial charge in [-0.25, -0.2) is 4.39 Å². The van der Waals surface area contributed by atoms with Gasteiger partial charge in [0.1, 0.15) is 18.2 Å². The van der Waals surface area contributed by atoms with Crippen LogP contribution in [0, 0.1) is 5.82 Å². The van der Waals surface area contributed by atoms with Crippen LogP contribution >= 0.6 is 11.3 Å². The average Bonchev–Trinajstić information content (AvgIpc) is 3.48. The van der Waals surface area contributed by atoms with E-state index >= 15 is 0 Å². The van der Waals surface area contributed by atoms with E-state index in [-0.39, 0.29) is 42.9 Å². The maximum absolute atomic E-state index is 13.6. The Morgan fingerprint density at radius 1 is 1.34 bits per heavy atom. The Bertz CT molecular complexity index is 944. The number of amides is 2. The van der Waals surface area contributed by atoms with Gasteiger partial charge < -0.3 is 19.3 Å². The summed E-state index contributed by atoms with van der Waals surface area (Å²) in [5, 5.41) is 2.03. The first-order valence-corrected chi connectivity index (χ1v) is 12.1. The lowest BCUT2D eigenvalue weighted by atomic mass is 10.0. The topological polar surface area (TPSA) is 59.1 Å². The summed E-state index contributed by atoms with van der Waals surface area (Å²) < 4.78 is 25.1. The Labute approximate surface area is 191 Å². The SMILES string of the molecule is CCC(=O)N(CC(=O)N1CCc2sccc2[C@@H]1COc1cccc(F)c1)C[C@H]1CCCO1. The van der Waals surface area contributed by atoms with Gasteiger partial charge in [0.15, 0.2) is 0 Å². The predicted octanol–water partition coefficient (Wildman–Crippen LogP) is 3.81. The maximum Gasteiger partial charge on any atom is 0.242 e. The molecule has 172 valence electrons. The molecule has 2 aromatic rings. The lowest BCUT2D eigenvalue weighted by Gasteiger charge is -2.37. The van der Waals surface area contributed by atoms with Gasteiger partial charge >= 0.3 is 0 Å². The number of halogens is 1. The van der Waals surface area contributed by atoms with Crippen LogP contribution in [0.3, 0.4) is 0 Å². The quantitative estimate of drug-likeness (QED) is 0.601. The molecule has 2 aliphatic rings. The second-order valence-corrected chi connectivity index (χ2v) is 9.18. The first-order valence-electron chi connectivity index (χ1n) is 11.2. The van der Waals surface area contributed by atoms with Crippen molar-refractivity contribution in [2.75, 3.05) is 32.8 Å². The Morgan fingerprint density at radius 2 is 2.22 bits per heavy atom. The van der Waals surface area contributed by atoms with Crippen molar-refractivity contribution in [3.05, 3.63) is 52.0 Å². The number of ether oxygens (including phenoxy) is 2. The van der Waals surface area contributed by atoms with Gasteiger partial charge in [-0.05, 0) is 48.4 Å². The summed E-state index contributed by atoms with van der Waals surface area (Å²) in [4.78, 5) is 30.6. The molecule has 0 spiro atoms. The highest BCUT2D eigenvalue weighted by atomic mass is 32.1. The van der Waals surface area contributed by atoms with E-state index < -0.39 is 0 Å². The molecule has 3 heterocycles. The van der Waals surface area contributed by atoms with Crippen molar-refractivity contribution in [3.63, 3.8) is 0 Å². The minimum absolute atomic E-state index is 0.00441. The molecule has 0 bridgehead atoms. The number of fused-ring (bicyclic) bond motifs is 1. The molecule has 32 heavy (non-hydrogen) atoms. The van der Waals surface area contributed by atoms with Crippen molar-refractivity contribution in [2.45, 2.75) is 44.8 Å². The Hall–Kier alpha value is -2.45. The number of carbonyl (C=O) groups excluding carboxylic acids is 2. The second-order valence-electron chi connectivity index (χ2n) is 8.18. The monoisotopic (exact) mass is 460 g/mol. The van der Waals surface area contributed by atoms with E-state index in [9.17, 15) is 14.0 Å². The van der Waals surface area contributed by atoms with Gasteiger partial charge in [-0.1, -0.05) is 13.0 Å². The largest absolute Gasteiger partial charge is 0.491 e. The third-order valence-electron chi connectivity index (χ3n) is 6.05. The van der Waals surface area contributed by atoms with Crippen molar-refractivity contribution >= 4 is 23.2 Å². The molecule has 0 aliphatic carbocycles. The van der Waals surface area contributed by atoms with Gasteiger partial charge in [-0.2, -0.15) is 0 Å². The molecule has 1 saturated heterocycles. The molecule has 1 fully saturated rings. The molecule has 0 unspecified atom stereocenters. The summed E-state index contributed by atoms with van der Waals surface area (Å²) >= 11 is 1.68. The van der Waals surface area contributed by atoms with Crippen LogP contribution in [-0.4, -0.2) is 60.6 Å². The summed E-state index contributed by atoms with van der Waals surface area (Å²) in [5.74, 6) is -0.0804. The first-order chi connectivity index (χ1) is 15.5. The lowest BCUT2D eigenvalue weighted by Crippen LogP contribution is -2.49. The van der Waals surface area contributed by atoms with Gasteiger partial charge in [0.05, 0.1) is 18.7 Å². The fourth-order valence-corrected chi connectivity index (χ4v) is 5.30. The number of benzene rings is 1. The normalized spacial score (nSPS) is 20.1. The van der Waals surface area contributed by atoms with Crippen molar-refractivity contribution in [2.24, 2.45) is 0 Å². The number of thiophene rings is 1. The van der Waals surface area contributed by atoms with Crippen LogP contribution in [0.4, 0.5) is 4.39 Å². The van der Waals surface area contributed by atoms with E-state index in [0.717, 1.165) is 24.8 Å². The van der Waals surface area contributed by atoms with Gasteiger partial charge in [-0.3, -0.25) is 9.59 Å². The molecule has 2 atom stereocenters. The van der Waals surface area contributed by atoms with E-state index in [2.05, 4.69) is 0 Å². The minimum atomic E-state index is -0.363. The summed E-state index contributed by atoms with van der Waals surface area (Å²) in [6, 6.07) is 7.77. The van der Waals surface area contributed by atoms with Crippen LogP contribution < -0.4 is 4.74 Å². The van der Waals surface area contributed by atoms with Gasteiger partial charge in [0, 0.05) is 37.1 Å². The van der Waals surface area contributed by atoms with Crippen LogP contribution in [0.5, 0.6) is 5.75 Å². The molecule has 0 radical (unpaired) electrons. The van der Waals surface area contributed by atoms with Crippen LogP contribution in [0.1, 0.15) is 42.7 Å². The highest BCUT2D eigenvalue weighted by Gasteiger charge is 2.34. The zero-order valence-electron chi connectivity index (χ0n) is 18.3. The Balaban J connectivity index is 1.48. The summed E-state index contributed by atoms with van der Waals surface area (Å²) in [6.45, 7) is 3.79. The maximum atomic E-state index is 13.6. The Kier molecular flexibility index (Phi) is 7.42.